The van der Waals surface area contributed by atoms with E-state index in [-0.39, 0.29) is 0 Å². The number of aromatic nitrogens is 1. The first-order chi connectivity index (χ1) is 10.6. The molecule has 3 heteroatoms. The van der Waals surface area contributed by atoms with Crippen molar-refractivity contribution in [2.75, 3.05) is 0 Å². The second-order valence-corrected chi connectivity index (χ2v) is 6.92. The number of benzene rings is 2. The molecule has 0 atom stereocenters. The fraction of sp³-hybridized carbons (Fsp3) is 0.0526. The number of nitrogens with zero attached hydrogens (tertiary/aromatic N) is 1. The van der Waals surface area contributed by atoms with Gasteiger partial charge in [-0.05, 0) is 42.0 Å². The van der Waals surface area contributed by atoms with Gasteiger partial charge in [-0.15, -0.1) is 0 Å². The van der Waals surface area contributed by atoms with Crippen LogP contribution in [0.15, 0.2) is 82.3 Å². The maximum absolute atomic E-state index is 3.90. The zero-order valence-electron chi connectivity index (χ0n) is 12.0. The molecule has 0 aliphatic rings. The first kappa shape index (κ1) is 15.3. The van der Waals surface area contributed by atoms with Crippen molar-refractivity contribution in [2.24, 2.45) is 0 Å². The standard InChI is InChI=1S/C19H15Br2N/c1-3-5-13(4-2)12-22-18-8-6-14(20)10-16(18)17-11-15(21)7-9-19(17)22/h3-11H,1-2,12H2/b13-5+. The number of fused-ring (bicyclic) bond motifs is 3. The van der Waals surface area contributed by atoms with Crippen molar-refractivity contribution in [3.63, 3.8) is 0 Å². The van der Waals surface area contributed by atoms with Crippen LogP contribution in [0.4, 0.5) is 0 Å². The first-order valence-electron chi connectivity index (χ1n) is 6.95. The lowest BCUT2D eigenvalue weighted by molar-refractivity contribution is 0.868. The molecule has 0 saturated heterocycles. The molecule has 0 saturated carbocycles. The van der Waals surface area contributed by atoms with Crippen molar-refractivity contribution in [1.82, 2.24) is 4.57 Å². The molecule has 0 bridgehead atoms. The van der Waals surface area contributed by atoms with E-state index in [0.29, 0.717) is 0 Å². The highest BCUT2D eigenvalue weighted by molar-refractivity contribution is 9.10. The molecule has 110 valence electrons. The van der Waals surface area contributed by atoms with Crippen LogP contribution < -0.4 is 0 Å². The molecule has 1 heterocycles. The summed E-state index contributed by atoms with van der Waals surface area (Å²) >= 11 is 7.15. The third-order valence-corrected chi connectivity index (χ3v) is 4.71. The van der Waals surface area contributed by atoms with E-state index in [2.05, 4.69) is 86.0 Å². The average molecular weight is 417 g/mol. The van der Waals surface area contributed by atoms with Crippen LogP contribution in [0.3, 0.4) is 0 Å². The lowest BCUT2D eigenvalue weighted by Gasteiger charge is -2.08. The van der Waals surface area contributed by atoms with Gasteiger partial charge in [0.05, 0.1) is 0 Å². The van der Waals surface area contributed by atoms with Gasteiger partial charge in [0.15, 0.2) is 0 Å². The van der Waals surface area contributed by atoms with Crippen molar-refractivity contribution in [2.45, 2.75) is 6.54 Å². The minimum Gasteiger partial charge on any atom is -0.336 e. The van der Waals surface area contributed by atoms with Gasteiger partial charge in [0.2, 0.25) is 0 Å². The van der Waals surface area contributed by atoms with Crippen molar-refractivity contribution >= 4 is 53.7 Å². The van der Waals surface area contributed by atoms with Crippen LogP contribution in [0, 0.1) is 0 Å². The third kappa shape index (κ3) is 2.71. The zero-order chi connectivity index (χ0) is 15.7. The Bertz CT molecular complexity index is 857. The fourth-order valence-electron chi connectivity index (χ4n) is 2.74. The minimum absolute atomic E-state index is 0.777. The van der Waals surface area contributed by atoms with Crippen LogP contribution in [-0.4, -0.2) is 4.57 Å². The van der Waals surface area contributed by atoms with Crippen molar-refractivity contribution < 1.29 is 0 Å². The molecule has 0 fully saturated rings. The summed E-state index contributed by atoms with van der Waals surface area (Å²) in [5.74, 6) is 0. The summed E-state index contributed by atoms with van der Waals surface area (Å²) in [5, 5.41) is 2.49. The molecule has 1 aromatic heterocycles. The predicted molar refractivity (Wildman–Crippen MR) is 103 cm³/mol. The Morgan fingerprint density at radius 1 is 0.955 bits per heavy atom. The Kier molecular flexibility index (Phi) is 4.37. The van der Waals surface area contributed by atoms with Crippen LogP contribution in [0.2, 0.25) is 0 Å². The van der Waals surface area contributed by atoms with Gasteiger partial charge in [-0.25, -0.2) is 0 Å². The molecule has 0 aliphatic heterocycles. The van der Waals surface area contributed by atoms with Crippen LogP contribution in [-0.2, 0) is 6.54 Å². The van der Waals surface area contributed by atoms with Crippen molar-refractivity contribution in [3.8, 4) is 0 Å². The maximum Gasteiger partial charge on any atom is 0.0495 e. The van der Waals surface area contributed by atoms with Crippen LogP contribution in [0.1, 0.15) is 0 Å². The van der Waals surface area contributed by atoms with Gasteiger partial charge in [-0.2, -0.15) is 0 Å². The second kappa shape index (κ2) is 6.27. The van der Waals surface area contributed by atoms with Crippen molar-refractivity contribution in [1.29, 1.82) is 0 Å². The molecule has 2 aromatic carbocycles. The highest BCUT2D eigenvalue weighted by Gasteiger charge is 2.11. The van der Waals surface area contributed by atoms with Gasteiger partial charge in [-0.1, -0.05) is 63.2 Å². The highest BCUT2D eigenvalue weighted by Crippen LogP contribution is 2.33. The largest absolute Gasteiger partial charge is 0.336 e. The van der Waals surface area contributed by atoms with E-state index in [1.165, 1.54) is 21.8 Å². The SMILES string of the molecule is C=C/C=C(\C=C)Cn1c2ccc(Br)cc2c2cc(Br)ccc21. The molecule has 0 aliphatic carbocycles. The summed E-state index contributed by atoms with van der Waals surface area (Å²) in [7, 11) is 0. The number of hydrogen-bond donors (Lipinski definition) is 0. The molecule has 3 rings (SSSR count). The summed E-state index contributed by atoms with van der Waals surface area (Å²) in [6.07, 6.45) is 5.69. The zero-order valence-corrected chi connectivity index (χ0v) is 15.2. The van der Waals surface area contributed by atoms with Crippen LogP contribution in [0.25, 0.3) is 21.8 Å². The van der Waals surface area contributed by atoms with E-state index in [0.717, 1.165) is 21.1 Å². The van der Waals surface area contributed by atoms with E-state index in [1.807, 2.05) is 12.2 Å². The topological polar surface area (TPSA) is 4.93 Å². The Labute approximate surface area is 146 Å². The molecule has 0 spiro atoms. The van der Waals surface area contributed by atoms with E-state index in [4.69, 9.17) is 0 Å². The predicted octanol–water partition coefficient (Wildman–Crippen LogP) is 6.62. The van der Waals surface area contributed by atoms with E-state index < -0.39 is 0 Å². The normalized spacial score (nSPS) is 12.0. The fourth-order valence-corrected chi connectivity index (χ4v) is 3.46. The maximum atomic E-state index is 3.90. The highest BCUT2D eigenvalue weighted by atomic mass is 79.9. The van der Waals surface area contributed by atoms with E-state index in [9.17, 15) is 0 Å². The first-order valence-corrected chi connectivity index (χ1v) is 8.53. The summed E-state index contributed by atoms with van der Waals surface area (Å²) in [6.45, 7) is 8.46. The van der Waals surface area contributed by atoms with Gasteiger partial charge in [0, 0.05) is 37.3 Å². The summed E-state index contributed by atoms with van der Waals surface area (Å²) in [6, 6.07) is 12.8. The Balaban J connectivity index is 2.33. The molecular weight excluding hydrogens is 402 g/mol. The second-order valence-electron chi connectivity index (χ2n) is 5.09. The lowest BCUT2D eigenvalue weighted by atomic mass is 10.2. The smallest absolute Gasteiger partial charge is 0.0495 e. The summed E-state index contributed by atoms with van der Waals surface area (Å²) in [4.78, 5) is 0. The summed E-state index contributed by atoms with van der Waals surface area (Å²) in [5.41, 5.74) is 3.57. The molecule has 0 unspecified atom stereocenters. The van der Waals surface area contributed by atoms with Gasteiger partial charge in [-0.3, -0.25) is 0 Å². The molecule has 3 aromatic rings. The minimum atomic E-state index is 0.777. The van der Waals surface area contributed by atoms with Crippen LogP contribution >= 0.6 is 31.9 Å². The molecule has 1 nitrogen and oxygen atoms in total. The number of hydrogen-bond acceptors (Lipinski definition) is 0. The Hall–Kier alpha value is -1.58. The lowest BCUT2D eigenvalue weighted by Crippen LogP contribution is -1.99. The quantitative estimate of drug-likeness (QED) is 0.421. The molecule has 0 amide bonds. The van der Waals surface area contributed by atoms with E-state index >= 15 is 0 Å². The summed E-state index contributed by atoms with van der Waals surface area (Å²) < 4.78 is 4.50. The average Bonchev–Trinajstić information content (AvgIpc) is 2.79. The number of allylic oxidation sites excluding steroid dienone is 4. The molecule has 22 heavy (non-hydrogen) atoms. The van der Waals surface area contributed by atoms with Gasteiger partial charge in [0.1, 0.15) is 0 Å². The van der Waals surface area contributed by atoms with Crippen LogP contribution in [0.5, 0.6) is 0 Å². The van der Waals surface area contributed by atoms with Gasteiger partial charge in [0.25, 0.3) is 0 Å². The molecule has 0 N–H and O–H groups in total. The number of rotatable bonds is 4. The molecular formula is C19H15Br2N. The van der Waals surface area contributed by atoms with Gasteiger partial charge < -0.3 is 4.57 Å². The third-order valence-electron chi connectivity index (χ3n) is 3.72. The van der Waals surface area contributed by atoms with E-state index in [1.54, 1.807) is 6.08 Å². The Morgan fingerprint density at radius 2 is 1.50 bits per heavy atom. The van der Waals surface area contributed by atoms with Gasteiger partial charge >= 0.3 is 0 Å². The Morgan fingerprint density at radius 3 is 1.95 bits per heavy atom. The molecule has 0 radical (unpaired) electrons. The monoisotopic (exact) mass is 415 g/mol. The van der Waals surface area contributed by atoms with Crippen molar-refractivity contribution in [3.05, 3.63) is 82.3 Å². The number of halogens is 2.